The smallest absolute Gasteiger partial charge is 0.0487 e. The zero-order valence-corrected chi connectivity index (χ0v) is 12.6. The number of rotatable bonds is 0. The first-order valence-electron chi connectivity index (χ1n) is 6.43. The molecule has 0 spiro atoms. The number of nitrogens with zero attached hydrogens (tertiary/aromatic N) is 1. The highest BCUT2D eigenvalue weighted by Crippen LogP contribution is 2.09. The summed E-state index contributed by atoms with van der Waals surface area (Å²) in [4.78, 5) is 3.12. The van der Waals surface area contributed by atoms with Gasteiger partial charge in [0.15, 0.2) is 0 Å². The third-order valence-corrected chi connectivity index (χ3v) is 2.54. The Morgan fingerprint density at radius 2 is 1.33 bits per heavy atom. The molecular formula is C17H19N3S. The van der Waals surface area contributed by atoms with Crippen molar-refractivity contribution in [3.8, 4) is 0 Å². The molecule has 0 aliphatic heterocycles. The second-order valence-corrected chi connectivity index (χ2v) is 3.99. The van der Waals surface area contributed by atoms with Gasteiger partial charge in [0.2, 0.25) is 0 Å². The number of fused-ring (bicyclic) bond motifs is 1. The van der Waals surface area contributed by atoms with Gasteiger partial charge in [-0.2, -0.15) is 18.6 Å². The van der Waals surface area contributed by atoms with E-state index in [1.807, 2.05) is 60.8 Å². The summed E-state index contributed by atoms with van der Waals surface area (Å²) in [7, 11) is 0. The van der Waals surface area contributed by atoms with Crippen LogP contribution in [0.5, 0.6) is 0 Å². The van der Waals surface area contributed by atoms with E-state index in [2.05, 4.69) is 33.4 Å². The Morgan fingerprint density at radius 1 is 0.667 bits per heavy atom. The van der Waals surface area contributed by atoms with E-state index in [0.717, 1.165) is 0 Å². The molecule has 0 fully saturated rings. The average Bonchev–Trinajstić information content (AvgIpc) is 3.24. The van der Waals surface area contributed by atoms with Crippen LogP contribution in [0.3, 0.4) is 0 Å². The van der Waals surface area contributed by atoms with E-state index in [-0.39, 0.29) is 13.5 Å². The van der Waals surface area contributed by atoms with Gasteiger partial charge < -0.3 is 4.98 Å². The van der Waals surface area contributed by atoms with Crippen molar-refractivity contribution in [3.63, 3.8) is 0 Å². The normalized spacial score (nSPS) is 8.57. The Bertz CT molecular complexity index is 601. The highest BCUT2D eigenvalue weighted by molar-refractivity contribution is 7.59. The van der Waals surface area contributed by atoms with Crippen LogP contribution in [0.25, 0.3) is 10.9 Å². The van der Waals surface area contributed by atoms with Gasteiger partial charge in [0.25, 0.3) is 0 Å². The van der Waals surface area contributed by atoms with Crippen molar-refractivity contribution in [1.29, 1.82) is 0 Å². The molecule has 2 aromatic heterocycles. The van der Waals surface area contributed by atoms with Crippen LogP contribution in [0.4, 0.5) is 0 Å². The van der Waals surface area contributed by atoms with Crippen LogP contribution < -0.4 is 0 Å². The predicted molar refractivity (Wildman–Crippen MR) is 93.7 cm³/mol. The largest absolute Gasteiger partial charge is 0.361 e. The molecule has 21 heavy (non-hydrogen) atoms. The van der Waals surface area contributed by atoms with E-state index in [9.17, 15) is 0 Å². The monoisotopic (exact) mass is 297 g/mol. The fourth-order valence-electron chi connectivity index (χ4n) is 1.60. The molecule has 4 aromatic rings. The predicted octanol–water partition coefficient (Wildman–Crippen LogP) is 4.38. The summed E-state index contributed by atoms with van der Waals surface area (Å²) in [5.41, 5.74) is 1.21. The quantitative estimate of drug-likeness (QED) is 0.497. The highest BCUT2D eigenvalue weighted by atomic mass is 32.1. The number of aromatic nitrogens is 3. The molecule has 0 bridgehead atoms. The summed E-state index contributed by atoms with van der Waals surface area (Å²) in [6.07, 6.45) is 5.41. The molecule has 0 aliphatic rings. The molecule has 0 aliphatic carbocycles. The minimum atomic E-state index is 0. The van der Waals surface area contributed by atoms with Gasteiger partial charge in [-0.05, 0) is 23.6 Å². The van der Waals surface area contributed by atoms with Crippen LogP contribution in [0.1, 0.15) is 0 Å². The van der Waals surface area contributed by atoms with Crippen molar-refractivity contribution in [2.45, 2.75) is 0 Å². The number of aromatic amines is 2. The van der Waals surface area contributed by atoms with Crippen LogP contribution in [-0.2, 0) is 0 Å². The van der Waals surface area contributed by atoms with E-state index in [1.54, 1.807) is 12.4 Å². The van der Waals surface area contributed by atoms with Crippen LogP contribution in [-0.4, -0.2) is 15.2 Å². The zero-order chi connectivity index (χ0) is 13.9. The van der Waals surface area contributed by atoms with Crippen molar-refractivity contribution in [3.05, 3.63) is 91.4 Å². The summed E-state index contributed by atoms with van der Waals surface area (Å²) in [6.45, 7) is 0. The molecule has 4 heteroatoms. The molecule has 0 atom stereocenters. The maximum atomic E-state index is 3.60. The molecule has 4 rings (SSSR count). The van der Waals surface area contributed by atoms with Crippen molar-refractivity contribution >= 4 is 24.4 Å². The average molecular weight is 297 g/mol. The lowest BCUT2D eigenvalue weighted by molar-refractivity contribution is 1.09. The van der Waals surface area contributed by atoms with Gasteiger partial charge in [-0.25, -0.2) is 0 Å². The molecule has 0 saturated heterocycles. The summed E-state index contributed by atoms with van der Waals surface area (Å²) in [6, 6.07) is 24.1. The Kier molecular flexibility index (Phi) is 8.17. The summed E-state index contributed by atoms with van der Waals surface area (Å²) in [5, 5.41) is 7.48. The molecular weight excluding hydrogens is 278 g/mol. The number of H-pyrrole nitrogens is 2. The molecule has 0 radical (unpaired) electrons. The van der Waals surface area contributed by atoms with Crippen LogP contribution in [0.15, 0.2) is 91.4 Å². The first-order valence-corrected chi connectivity index (χ1v) is 6.43. The third-order valence-electron chi connectivity index (χ3n) is 2.54. The lowest BCUT2D eigenvalue weighted by Crippen LogP contribution is -1.61. The molecule has 3 nitrogen and oxygen atoms in total. The molecule has 0 saturated carbocycles. The van der Waals surface area contributed by atoms with Crippen molar-refractivity contribution in [2.24, 2.45) is 0 Å². The molecule has 0 unspecified atom stereocenters. The number of hydrogen-bond acceptors (Lipinski definition) is 1. The molecule has 2 aromatic carbocycles. The van der Waals surface area contributed by atoms with Crippen LogP contribution in [0.2, 0.25) is 0 Å². The molecule has 0 amide bonds. The number of nitrogens with one attached hydrogen (secondary N) is 2. The van der Waals surface area contributed by atoms with E-state index in [0.29, 0.717) is 0 Å². The third kappa shape index (κ3) is 6.49. The van der Waals surface area contributed by atoms with E-state index < -0.39 is 0 Å². The van der Waals surface area contributed by atoms with Crippen LogP contribution in [0, 0.1) is 0 Å². The van der Waals surface area contributed by atoms with E-state index in [4.69, 9.17) is 0 Å². The van der Waals surface area contributed by atoms with Crippen molar-refractivity contribution in [1.82, 2.24) is 15.2 Å². The van der Waals surface area contributed by atoms with Crippen molar-refractivity contribution in [2.75, 3.05) is 0 Å². The van der Waals surface area contributed by atoms with Gasteiger partial charge in [-0.15, -0.1) is 0 Å². The minimum absolute atomic E-state index is 0. The van der Waals surface area contributed by atoms with Gasteiger partial charge in [0.05, 0.1) is 0 Å². The second-order valence-electron chi connectivity index (χ2n) is 3.99. The molecule has 2 heterocycles. The number of benzene rings is 2. The van der Waals surface area contributed by atoms with E-state index in [1.165, 1.54) is 10.9 Å². The Morgan fingerprint density at radius 3 is 1.81 bits per heavy atom. The highest BCUT2D eigenvalue weighted by Gasteiger charge is 1.86. The maximum Gasteiger partial charge on any atom is 0.0487 e. The number of para-hydroxylation sites is 1. The Hall–Kier alpha value is -2.46. The summed E-state index contributed by atoms with van der Waals surface area (Å²) >= 11 is 0. The molecule has 2 N–H and O–H groups in total. The van der Waals surface area contributed by atoms with Gasteiger partial charge in [-0.1, -0.05) is 54.6 Å². The standard InChI is InChI=1S/C8H7N.C6H6.C3H4N2.H2S/c1-2-4-8-7(3-1)5-6-9-8;1-2-4-6-5-3-1;1-2-4-5-3-1;/h1-6,9H;1-6H;1-3H,(H,4,5);1H2. The topological polar surface area (TPSA) is 44.5 Å². The number of hydrogen-bond donors (Lipinski definition) is 2. The van der Waals surface area contributed by atoms with Gasteiger partial charge >= 0.3 is 0 Å². The first kappa shape index (κ1) is 16.6. The fourth-order valence-corrected chi connectivity index (χ4v) is 1.60. The summed E-state index contributed by atoms with van der Waals surface area (Å²) in [5.74, 6) is 0. The van der Waals surface area contributed by atoms with Gasteiger partial charge in [-0.3, -0.25) is 5.10 Å². The first-order chi connectivity index (χ1) is 9.97. The maximum absolute atomic E-state index is 3.60. The lowest BCUT2D eigenvalue weighted by Gasteiger charge is -1.83. The summed E-state index contributed by atoms with van der Waals surface area (Å²) < 4.78 is 0. The van der Waals surface area contributed by atoms with Gasteiger partial charge in [0.1, 0.15) is 0 Å². The second kappa shape index (κ2) is 10.3. The van der Waals surface area contributed by atoms with E-state index >= 15 is 0 Å². The van der Waals surface area contributed by atoms with Crippen LogP contribution >= 0.6 is 13.5 Å². The Labute approximate surface area is 131 Å². The zero-order valence-electron chi connectivity index (χ0n) is 11.6. The van der Waals surface area contributed by atoms with Crippen molar-refractivity contribution < 1.29 is 0 Å². The lowest BCUT2D eigenvalue weighted by atomic mass is 10.3. The molecule has 108 valence electrons. The minimum Gasteiger partial charge on any atom is -0.361 e. The van der Waals surface area contributed by atoms with Gasteiger partial charge in [0, 0.05) is 24.1 Å². The SMILES string of the molecule is S.c1ccc2[nH]ccc2c1.c1ccccc1.c1cn[nH]c1. The Balaban J connectivity index is 0.000000162. The fraction of sp³-hybridized carbons (Fsp3) is 0.